The van der Waals surface area contributed by atoms with Crippen LogP contribution in [0.5, 0.6) is 0 Å². The maximum absolute atomic E-state index is 11.6. The van der Waals surface area contributed by atoms with Crippen molar-refractivity contribution in [2.75, 3.05) is 0 Å². The molecule has 6 heteroatoms. The second-order valence-electron chi connectivity index (χ2n) is 3.55. The average Bonchev–Trinajstić information content (AvgIpc) is 2.60. The first-order valence-corrected chi connectivity index (χ1v) is 5.60. The minimum absolute atomic E-state index is 0.0829. The lowest BCUT2D eigenvalue weighted by molar-refractivity contribution is 0.0688. The summed E-state index contributed by atoms with van der Waals surface area (Å²) in [6, 6.07) is 5.27. The first kappa shape index (κ1) is 11.7. The molecule has 1 heterocycles. The zero-order valence-corrected chi connectivity index (χ0v) is 10.5. The lowest BCUT2D eigenvalue weighted by Crippen LogP contribution is -2.19. The largest absolute Gasteiger partial charge is 0.477 e. The fourth-order valence-electron chi connectivity index (χ4n) is 1.63. The summed E-state index contributed by atoms with van der Waals surface area (Å²) in [4.78, 5) is 25.0. The van der Waals surface area contributed by atoms with Gasteiger partial charge < -0.3 is 10.1 Å². The number of aromatic nitrogens is 2. The van der Waals surface area contributed by atoms with Gasteiger partial charge in [-0.3, -0.25) is 4.57 Å². The Morgan fingerprint density at radius 3 is 2.76 bits per heavy atom. The SMILES string of the molecule is Cc1cc(Br)ccc1-n1c(C(=O)O)c[nH]c1=O. The Bertz CT molecular complexity index is 642. The monoisotopic (exact) mass is 296 g/mol. The molecule has 0 amide bonds. The number of nitrogens with zero attached hydrogens (tertiary/aromatic N) is 1. The number of rotatable bonds is 2. The van der Waals surface area contributed by atoms with Gasteiger partial charge in [0.25, 0.3) is 0 Å². The van der Waals surface area contributed by atoms with Crippen molar-refractivity contribution in [2.24, 2.45) is 0 Å². The molecule has 17 heavy (non-hydrogen) atoms. The van der Waals surface area contributed by atoms with Crippen LogP contribution in [0.15, 0.2) is 33.7 Å². The quantitative estimate of drug-likeness (QED) is 0.889. The van der Waals surface area contributed by atoms with Gasteiger partial charge in [-0.05, 0) is 30.7 Å². The van der Waals surface area contributed by atoms with Gasteiger partial charge in [0, 0.05) is 10.7 Å². The molecule has 0 bridgehead atoms. The van der Waals surface area contributed by atoms with E-state index in [1.165, 1.54) is 6.20 Å². The van der Waals surface area contributed by atoms with Gasteiger partial charge >= 0.3 is 11.7 Å². The average molecular weight is 297 g/mol. The fourth-order valence-corrected chi connectivity index (χ4v) is 2.11. The fraction of sp³-hybridized carbons (Fsp3) is 0.0909. The highest BCUT2D eigenvalue weighted by molar-refractivity contribution is 9.10. The van der Waals surface area contributed by atoms with E-state index in [1.54, 1.807) is 12.1 Å². The number of imidazole rings is 1. The van der Waals surface area contributed by atoms with E-state index in [-0.39, 0.29) is 5.69 Å². The van der Waals surface area contributed by atoms with E-state index in [1.807, 2.05) is 13.0 Å². The van der Waals surface area contributed by atoms with Crippen LogP contribution in [0.2, 0.25) is 0 Å². The number of carboxylic acid groups (broad SMARTS) is 1. The summed E-state index contributed by atoms with van der Waals surface area (Å²) in [7, 11) is 0. The summed E-state index contributed by atoms with van der Waals surface area (Å²) in [6.45, 7) is 1.81. The molecule has 0 fully saturated rings. The van der Waals surface area contributed by atoms with Crippen molar-refractivity contribution in [1.29, 1.82) is 0 Å². The third-order valence-corrected chi connectivity index (χ3v) is 2.89. The molecule has 88 valence electrons. The summed E-state index contributed by atoms with van der Waals surface area (Å²) in [5, 5.41) is 9.00. The number of aryl methyl sites for hydroxylation is 1. The van der Waals surface area contributed by atoms with E-state index < -0.39 is 11.7 Å². The van der Waals surface area contributed by atoms with Crippen molar-refractivity contribution >= 4 is 21.9 Å². The van der Waals surface area contributed by atoms with Crippen LogP contribution in [0.4, 0.5) is 0 Å². The molecule has 0 radical (unpaired) electrons. The number of carbonyl (C=O) groups is 1. The molecular formula is C11H9BrN2O3. The van der Waals surface area contributed by atoms with Gasteiger partial charge in [0.05, 0.1) is 5.69 Å². The number of benzene rings is 1. The molecule has 0 aliphatic rings. The number of aromatic amines is 1. The second-order valence-corrected chi connectivity index (χ2v) is 4.47. The number of H-pyrrole nitrogens is 1. The number of nitrogens with one attached hydrogen (secondary N) is 1. The number of hydrogen-bond donors (Lipinski definition) is 2. The van der Waals surface area contributed by atoms with Crippen molar-refractivity contribution in [2.45, 2.75) is 6.92 Å². The normalized spacial score (nSPS) is 10.5. The standard InChI is InChI=1S/C11H9BrN2O3/c1-6-4-7(12)2-3-8(6)14-9(10(15)16)5-13-11(14)17/h2-5H,1H3,(H,13,17)(H,15,16). The zero-order chi connectivity index (χ0) is 12.6. The molecule has 1 aromatic carbocycles. The van der Waals surface area contributed by atoms with Crippen molar-refractivity contribution in [3.05, 3.63) is 50.6 Å². The highest BCUT2D eigenvalue weighted by atomic mass is 79.9. The van der Waals surface area contributed by atoms with E-state index in [0.717, 1.165) is 14.6 Å². The maximum Gasteiger partial charge on any atom is 0.354 e. The van der Waals surface area contributed by atoms with Crippen LogP contribution in [0, 0.1) is 6.92 Å². The minimum atomic E-state index is -1.15. The van der Waals surface area contributed by atoms with Gasteiger partial charge in [0.2, 0.25) is 0 Å². The topological polar surface area (TPSA) is 75.1 Å². The highest BCUT2D eigenvalue weighted by Crippen LogP contribution is 2.19. The molecule has 0 saturated heterocycles. The van der Waals surface area contributed by atoms with Crippen LogP contribution >= 0.6 is 15.9 Å². The Morgan fingerprint density at radius 2 is 2.18 bits per heavy atom. The lowest BCUT2D eigenvalue weighted by Gasteiger charge is -2.08. The molecular weight excluding hydrogens is 288 g/mol. The molecule has 0 aliphatic heterocycles. The molecule has 2 rings (SSSR count). The Morgan fingerprint density at radius 1 is 1.47 bits per heavy atom. The van der Waals surface area contributed by atoms with Gasteiger partial charge in [0.1, 0.15) is 0 Å². The Balaban J connectivity index is 2.72. The van der Waals surface area contributed by atoms with E-state index >= 15 is 0 Å². The molecule has 1 aromatic heterocycles. The van der Waals surface area contributed by atoms with Crippen LogP contribution in [0.1, 0.15) is 16.1 Å². The predicted octanol–water partition coefficient (Wildman–Crippen LogP) is 1.93. The van der Waals surface area contributed by atoms with Crippen LogP contribution in [-0.2, 0) is 0 Å². The third kappa shape index (κ3) is 2.03. The Kier molecular flexibility index (Phi) is 2.89. The van der Waals surface area contributed by atoms with Crippen LogP contribution in [0.25, 0.3) is 5.69 Å². The second kappa shape index (κ2) is 4.21. The van der Waals surface area contributed by atoms with Crippen LogP contribution in [-0.4, -0.2) is 20.6 Å². The zero-order valence-electron chi connectivity index (χ0n) is 8.90. The van der Waals surface area contributed by atoms with Crippen LogP contribution in [0.3, 0.4) is 0 Å². The highest BCUT2D eigenvalue weighted by Gasteiger charge is 2.15. The van der Waals surface area contributed by atoms with Gasteiger partial charge in [-0.15, -0.1) is 0 Å². The minimum Gasteiger partial charge on any atom is -0.477 e. The summed E-state index contributed by atoms with van der Waals surface area (Å²) in [6.07, 6.45) is 1.19. The Hall–Kier alpha value is -1.82. The Labute approximate surface area is 105 Å². The summed E-state index contributed by atoms with van der Waals surface area (Å²) in [5.41, 5.74) is 0.814. The number of aromatic carboxylic acids is 1. The first-order valence-electron chi connectivity index (χ1n) is 4.81. The van der Waals surface area contributed by atoms with Gasteiger partial charge in [0.15, 0.2) is 5.69 Å². The third-order valence-electron chi connectivity index (χ3n) is 2.40. The molecule has 2 aromatic rings. The van der Waals surface area contributed by atoms with E-state index in [9.17, 15) is 9.59 Å². The lowest BCUT2D eigenvalue weighted by atomic mass is 10.2. The molecule has 2 N–H and O–H groups in total. The summed E-state index contributed by atoms with van der Waals surface area (Å²) in [5.74, 6) is -1.15. The summed E-state index contributed by atoms with van der Waals surface area (Å²) < 4.78 is 2.02. The molecule has 0 unspecified atom stereocenters. The van der Waals surface area contributed by atoms with Crippen molar-refractivity contribution in [1.82, 2.24) is 9.55 Å². The van der Waals surface area contributed by atoms with Crippen LogP contribution < -0.4 is 5.69 Å². The van der Waals surface area contributed by atoms with Gasteiger partial charge in [-0.1, -0.05) is 15.9 Å². The maximum atomic E-state index is 11.6. The predicted molar refractivity (Wildman–Crippen MR) is 65.8 cm³/mol. The van der Waals surface area contributed by atoms with Crippen molar-refractivity contribution in [3.8, 4) is 5.69 Å². The van der Waals surface area contributed by atoms with Crippen molar-refractivity contribution < 1.29 is 9.90 Å². The molecule has 0 atom stereocenters. The number of carboxylic acids is 1. The molecule has 0 saturated carbocycles. The number of hydrogen-bond acceptors (Lipinski definition) is 2. The van der Waals surface area contributed by atoms with Gasteiger partial charge in [-0.25, -0.2) is 9.59 Å². The molecule has 5 nitrogen and oxygen atoms in total. The molecule has 0 aliphatic carbocycles. The first-order chi connectivity index (χ1) is 8.00. The molecule has 0 spiro atoms. The smallest absolute Gasteiger partial charge is 0.354 e. The number of halogens is 1. The van der Waals surface area contributed by atoms with E-state index in [0.29, 0.717) is 5.69 Å². The van der Waals surface area contributed by atoms with E-state index in [2.05, 4.69) is 20.9 Å². The van der Waals surface area contributed by atoms with E-state index in [4.69, 9.17) is 5.11 Å². The summed E-state index contributed by atoms with van der Waals surface area (Å²) >= 11 is 3.31. The van der Waals surface area contributed by atoms with Gasteiger partial charge in [-0.2, -0.15) is 0 Å². The van der Waals surface area contributed by atoms with Crippen molar-refractivity contribution in [3.63, 3.8) is 0 Å².